The molecule has 2 atom stereocenters. The van der Waals surface area contributed by atoms with Gasteiger partial charge in [0.1, 0.15) is 5.69 Å². The van der Waals surface area contributed by atoms with Crippen LogP contribution in [0.3, 0.4) is 0 Å². The van der Waals surface area contributed by atoms with E-state index < -0.39 is 10.9 Å². The zero-order chi connectivity index (χ0) is 15.6. The largest absolute Gasteiger partial charge is 0.478 e. The van der Waals surface area contributed by atoms with Gasteiger partial charge in [-0.2, -0.15) is 0 Å². The number of nitrogens with one attached hydrogen (secondary N) is 1. The second-order valence-corrected chi connectivity index (χ2v) is 5.49. The first-order chi connectivity index (χ1) is 9.88. The molecule has 2 N–H and O–H groups in total. The van der Waals surface area contributed by atoms with Crippen molar-refractivity contribution in [2.24, 2.45) is 0 Å². The predicted octanol–water partition coefficient (Wildman–Crippen LogP) is 2.19. The van der Waals surface area contributed by atoms with Crippen molar-refractivity contribution in [1.82, 2.24) is 4.90 Å². The summed E-state index contributed by atoms with van der Waals surface area (Å²) in [6, 6.07) is 4.33. The summed E-state index contributed by atoms with van der Waals surface area (Å²) in [4.78, 5) is 23.8. The Morgan fingerprint density at radius 3 is 2.81 bits per heavy atom. The number of aromatic carboxylic acids is 1. The molecule has 2 rings (SSSR count). The number of piperidine rings is 1. The van der Waals surface area contributed by atoms with Gasteiger partial charge in [0, 0.05) is 24.7 Å². The van der Waals surface area contributed by atoms with Crippen molar-refractivity contribution in [3.63, 3.8) is 0 Å². The lowest BCUT2D eigenvalue weighted by atomic mass is 9.98. The summed E-state index contributed by atoms with van der Waals surface area (Å²) in [6.45, 7) is 3.02. The number of likely N-dealkylation sites (tertiary alicyclic amines) is 1. The number of nitro groups is 1. The molecule has 1 aliphatic rings. The minimum Gasteiger partial charge on any atom is -0.478 e. The van der Waals surface area contributed by atoms with Crippen LogP contribution in [0, 0.1) is 10.1 Å². The van der Waals surface area contributed by atoms with Crippen LogP contribution in [0.1, 0.15) is 30.1 Å². The summed E-state index contributed by atoms with van der Waals surface area (Å²) in [5, 5.41) is 23.2. The number of carboxylic acid groups (broad SMARTS) is 1. The van der Waals surface area contributed by atoms with Crippen molar-refractivity contribution >= 4 is 17.3 Å². The van der Waals surface area contributed by atoms with E-state index in [-0.39, 0.29) is 23.0 Å². The molecular formula is C14H19N3O4. The molecule has 114 valence electrons. The summed E-state index contributed by atoms with van der Waals surface area (Å²) >= 11 is 0. The van der Waals surface area contributed by atoms with E-state index in [0.29, 0.717) is 6.04 Å². The van der Waals surface area contributed by atoms with E-state index in [9.17, 15) is 14.9 Å². The Morgan fingerprint density at radius 2 is 2.24 bits per heavy atom. The number of nitro benzene ring substituents is 1. The third-order valence-electron chi connectivity index (χ3n) is 4.01. The fraction of sp³-hybridized carbons (Fsp3) is 0.500. The highest BCUT2D eigenvalue weighted by atomic mass is 16.6. The van der Waals surface area contributed by atoms with Gasteiger partial charge in [0.2, 0.25) is 0 Å². The molecule has 1 aromatic rings. The second-order valence-electron chi connectivity index (χ2n) is 5.49. The SMILES string of the molecule is CC1CC(Nc2cc(C(=O)O)ccc2[N+](=O)[O-])CCN1C. The van der Waals surface area contributed by atoms with E-state index in [1.54, 1.807) is 0 Å². The van der Waals surface area contributed by atoms with Crippen LogP contribution in [-0.4, -0.2) is 46.6 Å². The maximum absolute atomic E-state index is 11.1. The number of carbonyl (C=O) groups is 1. The van der Waals surface area contributed by atoms with E-state index in [0.717, 1.165) is 19.4 Å². The number of nitrogens with zero attached hydrogens (tertiary/aromatic N) is 2. The second kappa shape index (κ2) is 6.09. The quantitative estimate of drug-likeness (QED) is 0.652. The van der Waals surface area contributed by atoms with Gasteiger partial charge in [0.05, 0.1) is 10.5 Å². The molecule has 0 aliphatic carbocycles. The smallest absolute Gasteiger partial charge is 0.335 e. The number of hydrogen-bond acceptors (Lipinski definition) is 5. The van der Waals surface area contributed by atoms with Crippen LogP contribution in [0.4, 0.5) is 11.4 Å². The van der Waals surface area contributed by atoms with Gasteiger partial charge in [-0.15, -0.1) is 0 Å². The maximum Gasteiger partial charge on any atom is 0.335 e. The molecule has 0 bridgehead atoms. The zero-order valence-electron chi connectivity index (χ0n) is 12.1. The van der Waals surface area contributed by atoms with Crippen LogP contribution in [-0.2, 0) is 0 Å². The molecule has 0 saturated carbocycles. The van der Waals surface area contributed by atoms with Crippen molar-refractivity contribution in [3.8, 4) is 0 Å². The van der Waals surface area contributed by atoms with E-state index in [1.165, 1.54) is 18.2 Å². The molecule has 1 aromatic carbocycles. The minimum absolute atomic E-state index is 0.0454. The lowest BCUT2D eigenvalue weighted by Gasteiger charge is -2.35. The zero-order valence-corrected chi connectivity index (χ0v) is 12.1. The number of anilines is 1. The Labute approximate surface area is 122 Å². The van der Waals surface area contributed by atoms with Crippen molar-refractivity contribution in [3.05, 3.63) is 33.9 Å². The predicted molar refractivity (Wildman–Crippen MR) is 78.8 cm³/mol. The van der Waals surface area contributed by atoms with Crippen LogP contribution in [0.2, 0.25) is 0 Å². The van der Waals surface area contributed by atoms with Crippen molar-refractivity contribution in [1.29, 1.82) is 0 Å². The third-order valence-corrected chi connectivity index (χ3v) is 4.01. The maximum atomic E-state index is 11.1. The Balaban J connectivity index is 2.23. The summed E-state index contributed by atoms with van der Waals surface area (Å²) in [5.41, 5.74) is 0.234. The Bertz CT molecular complexity index is 561. The fourth-order valence-electron chi connectivity index (χ4n) is 2.58. The Hall–Kier alpha value is -2.15. The molecule has 2 unspecified atom stereocenters. The first-order valence-corrected chi connectivity index (χ1v) is 6.87. The molecule has 1 saturated heterocycles. The van der Waals surface area contributed by atoms with E-state index in [2.05, 4.69) is 17.1 Å². The van der Waals surface area contributed by atoms with Crippen LogP contribution in [0.15, 0.2) is 18.2 Å². The van der Waals surface area contributed by atoms with Gasteiger partial charge in [-0.25, -0.2) is 4.79 Å². The average molecular weight is 293 g/mol. The van der Waals surface area contributed by atoms with Crippen molar-refractivity contribution in [2.75, 3.05) is 18.9 Å². The highest BCUT2D eigenvalue weighted by molar-refractivity contribution is 5.90. The summed E-state index contributed by atoms with van der Waals surface area (Å²) in [7, 11) is 2.05. The van der Waals surface area contributed by atoms with Crippen LogP contribution >= 0.6 is 0 Å². The molecular weight excluding hydrogens is 274 g/mol. The van der Waals surface area contributed by atoms with E-state index in [1.807, 2.05) is 7.05 Å². The lowest BCUT2D eigenvalue weighted by molar-refractivity contribution is -0.384. The first kappa shape index (κ1) is 15.2. The average Bonchev–Trinajstić information content (AvgIpc) is 2.42. The number of carboxylic acids is 1. The first-order valence-electron chi connectivity index (χ1n) is 6.87. The molecule has 7 nitrogen and oxygen atoms in total. The van der Waals surface area contributed by atoms with Crippen LogP contribution in [0.25, 0.3) is 0 Å². The van der Waals surface area contributed by atoms with Gasteiger partial charge in [0.25, 0.3) is 5.69 Å². The monoisotopic (exact) mass is 293 g/mol. The standard InChI is InChI=1S/C14H19N3O4/c1-9-7-11(5-6-16(9)2)15-12-8-10(14(18)19)3-4-13(12)17(20)21/h3-4,8-9,11,15H,5-7H2,1-2H3,(H,18,19). The summed E-state index contributed by atoms with van der Waals surface area (Å²) in [6.07, 6.45) is 1.74. The lowest BCUT2D eigenvalue weighted by Crippen LogP contribution is -2.42. The molecule has 1 aliphatic heterocycles. The number of benzene rings is 1. The molecule has 21 heavy (non-hydrogen) atoms. The van der Waals surface area contributed by atoms with Gasteiger partial charge >= 0.3 is 5.97 Å². The van der Waals surface area contributed by atoms with Gasteiger partial charge < -0.3 is 15.3 Å². The summed E-state index contributed by atoms with van der Waals surface area (Å²) < 4.78 is 0. The molecule has 0 spiro atoms. The van der Waals surface area contributed by atoms with Crippen molar-refractivity contribution < 1.29 is 14.8 Å². The van der Waals surface area contributed by atoms with Crippen LogP contribution < -0.4 is 5.32 Å². The number of rotatable bonds is 4. The highest BCUT2D eigenvalue weighted by Crippen LogP contribution is 2.28. The number of hydrogen-bond donors (Lipinski definition) is 2. The Kier molecular flexibility index (Phi) is 4.42. The van der Waals surface area contributed by atoms with Gasteiger partial charge in [-0.05, 0) is 38.9 Å². The summed E-state index contributed by atoms with van der Waals surface area (Å²) in [5.74, 6) is -1.09. The molecule has 7 heteroatoms. The molecule has 0 radical (unpaired) electrons. The topological polar surface area (TPSA) is 95.7 Å². The normalized spacial score (nSPS) is 22.8. The molecule has 1 fully saturated rings. The van der Waals surface area contributed by atoms with E-state index in [4.69, 9.17) is 5.11 Å². The molecule has 0 amide bonds. The van der Waals surface area contributed by atoms with Gasteiger partial charge in [-0.1, -0.05) is 0 Å². The Morgan fingerprint density at radius 1 is 1.52 bits per heavy atom. The van der Waals surface area contributed by atoms with Crippen molar-refractivity contribution in [2.45, 2.75) is 31.8 Å². The third kappa shape index (κ3) is 3.49. The molecule has 0 aromatic heterocycles. The van der Waals surface area contributed by atoms with Gasteiger partial charge in [-0.3, -0.25) is 10.1 Å². The highest BCUT2D eigenvalue weighted by Gasteiger charge is 2.25. The van der Waals surface area contributed by atoms with Gasteiger partial charge in [0.15, 0.2) is 0 Å². The van der Waals surface area contributed by atoms with Crippen LogP contribution in [0.5, 0.6) is 0 Å². The fourth-order valence-corrected chi connectivity index (χ4v) is 2.58. The van der Waals surface area contributed by atoms with E-state index >= 15 is 0 Å². The minimum atomic E-state index is -1.09. The molecule has 1 heterocycles.